The van der Waals surface area contributed by atoms with Gasteiger partial charge in [0.25, 0.3) is 0 Å². The molecule has 1 aliphatic rings. The van der Waals surface area contributed by atoms with Gasteiger partial charge >= 0.3 is 0 Å². The van der Waals surface area contributed by atoms with E-state index in [2.05, 4.69) is 5.32 Å². The fourth-order valence-corrected chi connectivity index (χ4v) is 3.48. The highest BCUT2D eigenvalue weighted by atomic mass is 35.5. The van der Waals surface area contributed by atoms with Crippen molar-refractivity contribution in [2.45, 2.75) is 12.6 Å². The summed E-state index contributed by atoms with van der Waals surface area (Å²) in [4.78, 5) is 27.0. The minimum absolute atomic E-state index is 0.0429. The molecule has 4 nitrogen and oxygen atoms in total. The van der Waals surface area contributed by atoms with E-state index >= 15 is 0 Å². The summed E-state index contributed by atoms with van der Waals surface area (Å²) in [6.45, 7) is 0.435. The standard InChI is InChI=1S/C15H13ClN2O2S/c16-12-7-6-11(21-12)9-18-13(19)8-17-15(20)14(18)10-4-2-1-3-5-10/h1-7,14H,8-9H2,(H,17,20). The van der Waals surface area contributed by atoms with Crippen LogP contribution >= 0.6 is 22.9 Å². The van der Waals surface area contributed by atoms with E-state index in [4.69, 9.17) is 11.6 Å². The summed E-state index contributed by atoms with van der Waals surface area (Å²) in [6.07, 6.45) is 0. The second-order valence-electron chi connectivity index (χ2n) is 4.76. The van der Waals surface area contributed by atoms with Gasteiger partial charge in [0.1, 0.15) is 6.04 Å². The molecule has 1 aromatic heterocycles. The van der Waals surface area contributed by atoms with Crippen LogP contribution in [0.1, 0.15) is 16.5 Å². The lowest BCUT2D eigenvalue weighted by Gasteiger charge is -2.34. The molecule has 2 heterocycles. The van der Waals surface area contributed by atoms with Crippen molar-refractivity contribution >= 4 is 34.8 Å². The Kier molecular flexibility index (Phi) is 3.94. The SMILES string of the molecule is O=C1NCC(=O)N(Cc2ccc(Cl)s2)C1c1ccccc1. The molecule has 3 rings (SSSR count). The van der Waals surface area contributed by atoms with E-state index in [1.165, 1.54) is 11.3 Å². The molecule has 1 saturated heterocycles. The number of halogens is 1. The molecule has 0 saturated carbocycles. The van der Waals surface area contributed by atoms with Crippen LogP contribution in [0.5, 0.6) is 0 Å². The summed E-state index contributed by atoms with van der Waals surface area (Å²) >= 11 is 7.35. The van der Waals surface area contributed by atoms with E-state index in [1.807, 2.05) is 36.4 Å². The predicted molar refractivity (Wildman–Crippen MR) is 82.1 cm³/mol. The first-order valence-electron chi connectivity index (χ1n) is 6.51. The molecule has 6 heteroatoms. The molecule has 108 valence electrons. The van der Waals surface area contributed by atoms with Crippen LogP contribution < -0.4 is 5.32 Å². The Morgan fingerprint density at radius 2 is 1.95 bits per heavy atom. The van der Waals surface area contributed by atoms with Crippen molar-refractivity contribution in [3.63, 3.8) is 0 Å². The molecule has 0 aliphatic carbocycles. The Bertz CT molecular complexity index is 671. The van der Waals surface area contributed by atoms with Crippen molar-refractivity contribution in [1.82, 2.24) is 10.2 Å². The average molecular weight is 321 g/mol. The van der Waals surface area contributed by atoms with Gasteiger partial charge in [0.2, 0.25) is 11.8 Å². The van der Waals surface area contributed by atoms with Crippen LogP contribution in [-0.4, -0.2) is 23.3 Å². The molecule has 0 radical (unpaired) electrons. The third-order valence-electron chi connectivity index (χ3n) is 3.36. The highest BCUT2D eigenvalue weighted by Gasteiger charge is 2.35. The van der Waals surface area contributed by atoms with Crippen molar-refractivity contribution in [3.05, 3.63) is 57.2 Å². The van der Waals surface area contributed by atoms with Crippen molar-refractivity contribution in [2.24, 2.45) is 0 Å². The van der Waals surface area contributed by atoms with Gasteiger partial charge in [0, 0.05) is 4.88 Å². The summed E-state index contributed by atoms with van der Waals surface area (Å²) in [5.41, 5.74) is 0.811. The molecule has 0 bridgehead atoms. The second kappa shape index (κ2) is 5.87. The van der Waals surface area contributed by atoms with Crippen molar-refractivity contribution in [2.75, 3.05) is 6.54 Å². The summed E-state index contributed by atoms with van der Waals surface area (Å²) in [5, 5.41) is 2.65. The van der Waals surface area contributed by atoms with Crippen molar-refractivity contribution in [3.8, 4) is 0 Å². The highest BCUT2D eigenvalue weighted by molar-refractivity contribution is 7.16. The molecule has 2 aromatic rings. The number of hydrogen-bond acceptors (Lipinski definition) is 3. The van der Waals surface area contributed by atoms with Gasteiger partial charge in [0.15, 0.2) is 0 Å². The molecular formula is C15H13ClN2O2S. The lowest BCUT2D eigenvalue weighted by atomic mass is 10.0. The molecule has 1 N–H and O–H groups in total. The Morgan fingerprint density at radius 3 is 2.62 bits per heavy atom. The summed E-state index contributed by atoms with van der Waals surface area (Å²) in [6, 6.07) is 12.4. The third kappa shape index (κ3) is 2.94. The number of nitrogens with one attached hydrogen (secondary N) is 1. The number of thiophene rings is 1. The Hall–Kier alpha value is -1.85. The second-order valence-corrected chi connectivity index (χ2v) is 6.56. The third-order valence-corrected chi connectivity index (χ3v) is 4.58. The largest absolute Gasteiger partial charge is 0.345 e. The molecule has 21 heavy (non-hydrogen) atoms. The molecule has 1 atom stereocenters. The molecule has 1 unspecified atom stereocenters. The first-order chi connectivity index (χ1) is 10.1. The van der Waals surface area contributed by atoms with Crippen LogP contribution in [0.3, 0.4) is 0 Å². The molecular weight excluding hydrogens is 308 g/mol. The Balaban J connectivity index is 1.92. The van der Waals surface area contributed by atoms with E-state index in [0.717, 1.165) is 10.4 Å². The molecule has 1 aromatic carbocycles. The first-order valence-corrected chi connectivity index (χ1v) is 7.71. The summed E-state index contributed by atoms with van der Waals surface area (Å²) in [5.74, 6) is -0.239. The molecule has 1 aliphatic heterocycles. The number of carbonyl (C=O) groups excluding carboxylic acids is 2. The van der Waals surface area contributed by atoms with Gasteiger partial charge in [-0.05, 0) is 17.7 Å². The Labute approximate surface area is 131 Å². The van der Waals surface area contributed by atoms with Crippen LogP contribution in [0.4, 0.5) is 0 Å². The number of nitrogens with zero attached hydrogens (tertiary/aromatic N) is 1. The average Bonchev–Trinajstić information content (AvgIpc) is 2.89. The zero-order valence-electron chi connectivity index (χ0n) is 11.1. The number of benzene rings is 1. The van der Waals surface area contributed by atoms with E-state index in [1.54, 1.807) is 11.0 Å². The van der Waals surface area contributed by atoms with E-state index in [0.29, 0.717) is 10.9 Å². The van der Waals surface area contributed by atoms with Gasteiger partial charge in [0.05, 0.1) is 17.4 Å². The smallest absolute Gasteiger partial charge is 0.247 e. The molecule has 0 spiro atoms. The van der Waals surface area contributed by atoms with Crippen molar-refractivity contribution in [1.29, 1.82) is 0 Å². The topological polar surface area (TPSA) is 49.4 Å². The zero-order chi connectivity index (χ0) is 14.8. The van der Waals surface area contributed by atoms with Crippen LogP contribution in [0.25, 0.3) is 0 Å². The molecule has 2 amide bonds. The normalized spacial score (nSPS) is 18.7. The van der Waals surface area contributed by atoms with Gasteiger partial charge in [-0.1, -0.05) is 41.9 Å². The maximum Gasteiger partial charge on any atom is 0.247 e. The number of amides is 2. The fraction of sp³-hybridized carbons (Fsp3) is 0.200. The van der Waals surface area contributed by atoms with E-state index < -0.39 is 6.04 Å². The lowest BCUT2D eigenvalue weighted by Crippen LogP contribution is -2.52. The predicted octanol–water partition coefficient (Wildman–Crippen LogP) is 2.60. The first kappa shape index (κ1) is 14.1. The van der Waals surface area contributed by atoms with Gasteiger partial charge in [-0.25, -0.2) is 0 Å². The van der Waals surface area contributed by atoms with Gasteiger partial charge in [-0.3, -0.25) is 9.59 Å². The lowest BCUT2D eigenvalue weighted by molar-refractivity contribution is -0.146. The fourth-order valence-electron chi connectivity index (χ4n) is 2.40. The monoisotopic (exact) mass is 320 g/mol. The maximum absolute atomic E-state index is 12.2. The van der Waals surface area contributed by atoms with E-state index in [9.17, 15) is 9.59 Å². The van der Waals surface area contributed by atoms with Crippen LogP contribution in [-0.2, 0) is 16.1 Å². The number of carbonyl (C=O) groups is 2. The minimum Gasteiger partial charge on any atom is -0.345 e. The minimum atomic E-state index is -0.590. The Morgan fingerprint density at radius 1 is 1.19 bits per heavy atom. The number of hydrogen-bond donors (Lipinski definition) is 1. The highest BCUT2D eigenvalue weighted by Crippen LogP contribution is 2.29. The summed E-state index contributed by atoms with van der Waals surface area (Å²) in [7, 11) is 0. The molecule has 1 fully saturated rings. The van der Waals surface area contributed by atoms with Crippen molar-refractivity contribution < 1.29 is 9.59 Å². The quantitative estimate of drug-likeness (QED) is 0.945. The van der Waals surface area contributed by atoms with E-state index in [-0.39, 0.29) is 18.4 Å². The van der Waals surface area contributed by atoms with Gasteiger partial charge in [-0.2, -0.15) is 0 Å². The van der Waals surface area contributed by atoms with Crippen LogP contribution in [0.15, 0.2) is 42.5 Å². The van der Waals surface area contributed by atoms with Gasteiger partial charge in [-0.15, -0.1) is 11.3 Å². The number of piperazine rings is 1. The van der Waals surface area contributed by atoms with Crippen LogP contribution in [0, 0.1) is 0 Å². The van der Waals surface area contributed by atoms with Gasteiger partial charge < -0.3 is 10.2 Å². The maximum atomic E-state index is 12.2. The van der Waals surface area contributed by atoms with Crippen LogP contribution in [0.2, 0.25) is 4.34 Å². The summed E-state index contributed by atoms with van der Waals surface area (Å²) < 4.78 is 0.676. The number of rotatable bonds is 3. The zero-order valence-corrected chi connectivity index (χ0v) is 12.7.